The van der Waals surface area contributed by atoms with E-state index in [-0.39, 0.29) is 0 Å². The molecular weight excluding hydrogens is 262 g/mol. The van der Waals surface area contributed by atoms with Gasteiger partial charge in [-0.1, -0.05) is 6.92 Å². The van der Waals surface area contributed by atoms with Crippen LogP contribution in [0.15, 0.2) is 0 Å². The molecule has 0 aromatic rings. The van der Waals surface area contributed by atoms with Crippen molar-refractivity contribution < 1.29 is 4.79 Å². The fraction of sp³-hybridized carbons (Fsp3) is 0.941. The molecule has 4 heteroatoms. The molecule has 3 aliphatic rings. The molecule has 4 nitrogen and oxygen atoms in total. The summed E-state index contributed by atoms with van der Waals surface area (Å²) >= 11 is 0. The molecule has 3 aliphatic heterocycles. The Balaban J connectivity index is 1.39. The Morgan fingerprint density at radius 2 is 1.71 bits per heavy atom. The second-order valence-corrected chi connectivity index (χ2v) is 7.65. The molecule has 21 heavy (non-hydrogen) atoms. The van der Waals surface area contributed by atoms with E-state index in [1.807, 2.05) is 6.92 Å². The van der Waals surface area contributed by atoms with E-state index in [9.17, 15) is 4.79 Å². The van der Waals surface area contributed by atoms with Gasteiger partial charge in [0, 0.05) is 31.5 Å². The van der Waals surface area contributed by atoms with Gasteiger partial charge in [0.2, 0.25) is 5.91 Å². The van der Waals surface area contributed by atoms with E-state index < -0.39 is 0 Å². The van der Waals surface area contributed by atoms with Gasteiger partial charge in [-0.15, -0.1) is 0 Å². The summed E-state index contributed by atoms with van der Waals surface area (Å²) in [4.78, 5) is 18.9. The van der Waals surface area contributed by atoms with Crippen LogP contribution in [-0.2, 0) is 4.79 Å². The van der Waals surface area contributed by atoms with Gasteiger partial charge in [-0.05, 0) is 64.8 Å². The zero-order valence-electron chi connectivity index (χ0n) is 13.8. The van der Waals surface area contributed by atoms with Crippen molar-refractivity contribution >= 4 is 5.91 Å². The number of hydrogen-bond donors (Lipinski definition) is 0. The number of rotatable bonds is 3. The number of nitrogens with zero attached hydrogens (tertiary/aromatic N) is 3. The minimum Gasteiger partial charge on any atom is -0.341 e. The molecule has 0 bridgehead atoms. The van der Waals surface area contributed by atoms with E-state index in [1.165, 1.54) is 58.4 Å². The summed E-state index contributed by atoms with van der Waals surface area (Å²) in [7, 11) is 2.24. The smallest absolute Gasteiger partial charge is 0.222 e. The Morgan fingerprint density at radius 1 is 1.10 bits per heavy atom. The summed E-state index contributed by atoms with van der Waals surface area (Å²) in [5, 5.41) is 0. The van der Waals surface area contributed by atoms with Crippen LogP contribution in [0.25, 0.3) is 0 Å². The third-order valence-electron chi connectivity index (χ3n) is 5.98. The second kappa shape index (κ2) is 6.25. The lowest BCUT2D eigenvalue weighted by molar-refractivity contribution is -0.146. The molecule has 0 aromatic heterocycles. The first-order valence-electron chi connectivity index (χ1n) is 8.79. The molecular formula is C17H31N3O. The fourth-order valence-corrected chi connectivity index (χ4v) is 4.30. The standard InChI is InChI=1S/C17H31N3O/c1-3-16(21)20-13-17(14-20)6-10-19(11-7-17)12-15-4-8-18(2)9-5-15/h15H,3-14H2,1-2H3. The van der Waals surface area contributed by atoms with Crippen molar-refractivity contribution in [2.24, 2.45) is 11.3 Å². The minimum atomic E-state index is 0.342. The minimum absolute atomic E-state index is 0.342. The van der Waals surface area contributed by atoms with Gasteiger partial charge in [-0.2, -0.15) is 0 Å². The Bertz CT molecular complexity index is 360. The summed E-state index contributed by atoms with van der Waals surface area (Å²) in [5.41, 5.74) is 0.480. The number of carbonyl (C=O) groups excluding carboxylic acids is 1. The number of hydrogen-bond acceptors (Lipinski definition) is 3. The molecule has 3 heterocycles. The number of amides is 1. The number of carbonyl (C=O) groups is 1. The number of likely N-dealkylation sites (tertiary alicyclic amines) is 3. The maximum atomic E-state index is 11.7. The predicted octanol–water partition coefficient (Wildman–Crippen LogP) is 1.66. The van der Waals surface area contributed by atoms with Crippen LogP contribution in [0.4, 0.5) is 0 Å². The van der Waals surface area contributed by atoms with Crippen molar-refractivity contribution in [1.82, 2.24) is 14.7 Å². The van der Waals surface area contributed by atoms with Crippen LogP contribution in [0, 0.1) is 11.3 Å². The highest BCUT2D eigenvalue weighted by Crippen LogP contribution is 2.40. The van der Waals surface area contributed by atoms with Crippen LogP contribution in [-0.4, -0.2) is 73.5 Å². The summed E-state index contributed by atoms with van der Waals surface area (Å²) in [6.07, 6.45) is 6.01. The van der Waals surface area contributed by atoms with Crippen molar-refractivity contribution in [3.05, 3.63) is 0 Å². The molecule has 0 atom stereocenters. The highest BCUT2D eigenvalue weighted by atomic mass is 16.2. The Morgan fingerprint density at radius 3 is 2.29 bits per heavy atom. The summed E-state index contributed by atoms with van der Waals surface area (Å²) < 4.78 is 0. The summed E-state index contributed by atoms with van der Waals surface area (Å²) in [5.74, 6) is 1.25. The Hall–Kier alpha value is -0.610. The molecule has 0 radical (unpaired) electrons. The van der Waals surface area contributed by atoms with Crippen LogP contribution < -0.4 is 0 Å². The van der Waals surface area contributed by atoms with E-state index in [0.717, 1.165) is 19.0 Å². The van der Waals surface area contributed by atoms with Crippen molar-refractivity contribution in [2.75, 3.05) is 52.9 Å². The maximum Gasteiger partial charge on any atom is 0.222 e. The van der Waals surface area contributed by atoms with Gasteiger partial charge in [-0.3, -0.25) is 4.79 Å². The van der Waals surface area contributed by atoms with Gasteiger partial charge in [-0.25, -0.2) is 0 Å². The SMILES string of the molecule is CCC(=O)N1CC2(CCN(CC3CCN(C)CC3)CC2)C1. The first-order valence-corrected chi connectivity index (χ1v) is 8.79. The van der Waals surface area contributed by atoms with E-state index in [2.05, 4.69) is 21.7 Å². The van der Waals surface area contributed by atoms with E-state index in [0.29, 0.717) is 17.7 Å². The molecule has 3 rings (SSSR count). The van der Waals surface area contributed by atoms with Crippen LogP contribution >= 0.6 is 0 Å². The zero-order chi connectivity index (χ0) is 14.9. The molecule has 1 amide bonds. The quantitative estimate of drug-likeness (QED) is 0.792. The third-order valence-corrected chi connectivity index (χ3v) is 5.98. The first kappa shape index (κ1) is 15.3. The lowest BCUT2D eigenvalue weighted by atomic mass is 9.71. The predicted molar refractivity (Wildman–Crippen MR) is 85.2 cm³/mol. The van der Waals surface area contributed by atoms with Crippen LogP contribution in [0.1, 0.15) is 39.0 Å². The normalized spacial score (nSPS) is 27.8. The van der Waals surface area contributed by atoms with Crippen LogP contribution in [0.5, 0.6) is 0 Å². The molecule has 3 saturated heterocycles. The third kappa shape index (κ3) is 3.42. The summed E-state index contributed by atoms with van der Waals surface area (Å²) in [6, 6.07) is 0. The molecule has 0 saturated carbocycles. The first-order chi connectivity index (χ1) is 10.1. The van der Waals surface area contributed by atoms with E-state index in [1.54, 1.807) is 0 Å². The lowest BCUT2D eigenvalue weighted by Crippen LogP contribution is -2.62. The van der Waals surface area contributed by atoms with Crippen molar-refractivity contribution in [3.63, 3.8) is 0 Å². The highest BCUT2D eigenvalue weighted by Gasteiger charge is 2.46. The van der Waals surface area contributed by atoms with Gasteiger partial charge in [0.05, 0.1) is 0 Å². The molecule has 0 aliphatic carbocycles. The molecule has 0 unspecified atom stereocenters. The molecule has 120 valence electrons. The average Bonchev–Trinajstić information content (AvgIpc) is 2.47. The topological polar surface area (TPSA) is 26.8 Å². The monoisotopic (exact) mass is 293 g/mol. The lowest BCUT2D eigenvalue weighted by Gasteiger charge is -2.54. The molecule has 0 N–H and O–H groups in total. The second-order valence-electron chi connectivity index (χ2n) is 7.65. The molecule has 3 fully saturated rings. The van der Waals surface area contributed by atoms with Crippen molar-refractivity contribution in [3.8, 4) is 0 Å². The van der Waals surface area contributed by atoms with Crippen molar-refractivity contribution in [2.45, 2.75) is 39.0 Å². The highest BCUT2D eigenvalue weighted by molar-refractivity contribution is 5.76. The molecule has 0 aromatic carbocycles. The van der Waals surface area contributed by atoms with Crippen LogP contribution in [0.3, 0.4) is 0 Å². The summed E-state index contributed by atoms with van der Waals surface area (Å²) in [6.45, 7) is 10.4. The van der Waals surface area contributed by atoms with Gasteiger partial charge in [0.15, 0.2) is 0 Å². The van der Waals surface area contributed by atoms with Crippen molar-refractivity contribution in [1.29, 1.82) is 0 Å². The largest absolute Gasteiger partial charge is 0.341 e. The van der Waals surface area contributed by atoms with Crippen LogP contribution in [0.2, 0.25) is 0 Å². The van der Waals surface area contributed by atoms with Gasteiger partial charge in [0.25, 0.3) is 0 Å². The van der Waals surface area contributed by atoms with Gasteiger partial charge in [0.1, 0.15) is 0 Å². The average molecular weight is 293 g/mol. The fourth-order valence-electron chi connectivity index (χ4n) is 4.30. The Labute approximate surface area is 129 Å². The number of piperidine rings is 2. The van der Waals surface area contributed by atoms with E-state index in [4.69, 9.17) is 0 Å². The van der Waals surface area contributed by atoms with Gasteiger partial charge < -0.3 is 14.7 Å². The zero-order valence-corrected chi connectivity index (χ0v) is 13.8. The van der Waals surface area contributed by atoms with Gasteiger partial charge >= 0.3 is 0 Å². The van der Waals surface area contributed by atoms with E-state index >= 15 is 0 Å². The Kier molecular flexibility index (Phi) is 4.55. The maximum absolute atomic E-state index is 11.7. The molecule has 1 spiro atoms.